The van der Waals surface area contributed by atoms with Crippen LogP contribution in [0.1, 0.15) is 22.8 Å². The van der Waals surface area contributed by atoms with Crippen molar-refractivity contribution in [3.8, 4) is 5.75 Å². The van der Waals surface area contributed by atoms with E-state index in [0.29, 0.717) is 11.3 Å². The largest absolute Gasteiger partial charge is 0.507 e. The van der Waals surface area contributed by atoms with E-state index in [1.165, 1.54) is 24.3 Å². The maximum Gasteiger partial charge on any atom is 0.288 e. The number of nitro benzene ring substituents is 1. The molecule has 0 heterocycles. The Morgan fingerprint density at radius 1 is 1.30 bits per heavy atom. The zero-order valence-electron chi connectivity index (χ0n) is 12.0. The SMILES string of the molecule is C/C(=N\NC(=O)c1ccccc1O)c1ccc(Cl)c([N+](=O)[O-])c1. The van der Waals surface area contributed by atoms with Crippen LogP contribution in [-0.2, 0) is 0 Å². The van der Waals surface area contributed by atoms with E-state index in [-0.39, 0.29) is 22.0 Å². The lowest BCUT2D eigenvalue weighted by atomic mass is 10.1. The van der Waals surface area contributed by atoms with Crippen LogP contribution in [0.2, 0.25) is 5.02 Å². The minimum absolute atomic E-state index is 0.0183. The summed E-state index contributed by atoms with van der Waals surface area (Å²) in [5.74, 6) is -0.758. The number of amides is 1. The van der Waals surface area contributed by atoms with Crippen LogP contribution >= 0.6 is 11.6 Å². The predicted octanol–water partition coefficient (Wildman–Crippen LogP) is 3.11. The van der Waals surface area contributed by atoms with Gasteiger partial charge in [0.2, 0.25) is 0 Å². The van der Waals surface area contributed by atoms with E-state index in [1.54, 1.807) is 25.1 Å². The number of hydrazone groups is 1. The molecule has 0 radical (unpaired) electrons. The number of para-hydroxylation sites is 1. The number of rotatable bonds is 4. The smallest absolute Gasteiger partial charge is 0.288 e. The van der Waals surface area contributed by atoms with E-state index in [0.717, 1.165) is 0 Å². The van der Waals surface area contributed by atoms with Gasteiger partial charge in [-0.05, 0) is 25.1 Å². The molecule has 0 saturated carbocycles. The Labute approximate surface area is 136 Å². The molecule has 8 heteroatoms. The standard InChI is InChI=1S/C15H12ClN3O4/c1-9(10-6-7-12(16)13(8-10)19(22)23)17-18-15(21)11-4-2-3-5-14(11)20/h2-8,20H,1H3,(H,18,21)/b17-9+. The van der Waals surface area contributed by atoms with Gasteiger partial charge in [0.1, 0.15) is 10.8 Å². The first-order valence-electron chi connectivity index (χ1n) is 6.47. The molecule has 0 fully saturated rings. The summed E-state index contributed by atoms with van der Waals surface area (Å²) in [5.41, 5.74) is 2.92. The van der Waals surface area contributed by atoms with Crippen molar-refractivity contribution in [2.24, 2.45) is 5.10 Å². The topological polar surface area (TPSA) is 105 Å². The van der Waals surface area contributed by atoms with Gasteiger partial charge in [0.15, 0.2) is 0 Å². The van der Waals surface area contributed by atoms with Crippen molar-refractivity contribution in [3.63, 3.8) is 0 Å². The van der Waals surface area contributed by atoms with Crippen LogP contribution in [0.3, 0.4) is 0 Å². The number of carbonyl (C=O) groups is 1. The summed E-state index contributed by atoms with van der Waals surface area (Å²) >= 11 is 5.74. The third kappa shape index (κ3) is 3.83. The normalized spacial score (nSPS) is 11.1. The fourth-order valence-electron chi connectivity index (χ4n) is 1.80. The monoisotopic (exact) mass is 333 g/mol. The van der Waals surface area contributed by atoms with Gasteiger partial charge in [-0.3, -0.25) is 14.9 Å². The maximum atomic E-state index is 11.9. The average Bonchev–Trinajstić information content (AvgIpc) is 2.52. The Hall–Kier alpha value is -2.93. The van der Waals surface area contributed by atoms with Gasteiger partial charge >= 0.3 is 0 Å². The number of hydrogen-bond acceptors (Lipinski definition) is 5. The van der Waals surface area contributed by atoms with Crippen molar-refractivity contribution in [1.29, 1.82) is 0 Å². The summed E-state index contributed by atoms with van der Waals surface area (Å²) < 4.78 is 0. The van der Waals surface area contributed by atoms with Gasteiger partial charge in [-0.2, -0.15) is 5.10 Å². The first-order chi connectivity index (χ1) is 10.9. The van der Waals surface area contributed by atoms with Gasteiger partial charge < -0.3 is 5.11 Å². The Bertz CT molecular complexity index is 805. The Balaban J connectivity index is 2.21. The number of phenolic OH excluding ortho intramolecular Hbond substituents is 1. The molecule has 23 heavy (non-hydrogen) atoms. The first kappa shape index (κ1) is 16.4. The first-order valence-corrected chi connectivity index (χ1v) is 6.85. The van der Waals surface area contributed by atoms with Crippen LogP contribution in [0.5, 0.6) is 5.75 Å². The molecule has 0 aliphatic carbocycles. The van der Waals surface area contributed by atoms with E-state index in [2.05, 4.69) is 10.5 Å². The number of benzene rings is 2. The number of hydrogen-bond donors (Lipinski definition) is 2. The van der Waals surface area contributed by atoms with Crippen LogP contribution in [0.15, 0.2) is 47.6 Å². The van der Waals surface area contributed by atoms with Crippen molar-refractivity contribution in [3.05, 3.63) is 68.7 Å². The highest BCUT2D eigenvalue weighted by molar-refractivity contribution is 6.32. The second kappa shape index (κ2) is 6.89. The van der Waals surface area contributed by atoms with Crippen LogP contribution in [-0.4, -0.2) is 21.6 Å². The van der Waals surface area contributed by atoms with E-state index in [9.17, 15) is 20.0 Å². The minimum Gasteiger partial charge on any atom is -0.507 e. The van der Waals surface area contributed by atoms with Crippen molar-refractivity contribution >= 4 is 28.9 Å². The van der Waals surface area contributed by atoms with E-state index in [4.69, 9.17) is 11.6 Å². The summed E-state index contributed by atoms with van der Waals surface area (Å²) in [6.07, 6.45) is 0. The summed E-state index contributed by atoms with van der Waals surface area (Å²) in [6, 6.07) is 10.2. The second-order valence-corrected chi connectivity index (χ2v) is 4.99. The fourth-order valence-corrected chi connectivity index (χ4v) is 1.99. The number of aromatic hydroxyl groups is 1. The lowest BCUT2D eigenvalue weighted by Gasteiger charge is -2.05. The second-order valence-electron chi connectivity index (χ2n) is 4.58. The number of nitro groups is 1. The number of halogens is 1. The molecule has 0 unspecified atom stereocenters. The molecule has 7 nitrogen and oxygen atoms in total. The molecular weight excluding hydrogens is 322 g/mol. The van der Waals surface area contributed by atoms with E-state index >= 15 is 0 Å². The molecule has 1 amide bonds. The van der Waals surface area contributed by atoms with Gasteiger partial charge in [0.25, 0.3) is 11.6 Å². The molecule has 2 rings (SSSR count). The molecule has 0 atom stereocenters. The van der Waals surface area contributed by atoms with Gasteiger partial charge in [-0.1, -0.05) is 29.8 Å². The zero-order valence-corrected chi connectivity index (χ0v) is 12.7. The van der Waals surface area contributed by atoms with Crippen LogP contribution in [0, 0.1) is 10.1 Å². The van der Waals surface area contributed by atoms with Gasteiger partial charge in [-0.15, -0.1) is 0 Å². The fraction of sp³-hybridized carbons (Fsp3) is 0.0667. The third-order valence-corrected chi connectivity index (χ3v) is 3.35. The Morgan fingerprint density at radius 2 is 2.00 bits per heavy atom. The van der Waals surface area contributed by atoms with Crippen LogP contribution < -0.4 is 5.43 Å². The van der Waals surface area contributed by atoms with Gasteiger partial charge in [-0.25, -0.2) is 5.43 Å². The summed E-state index contributed by atoms with van der Waals surface area (Å²) in [5, 5.41) is 24.4. The molecule has 0 bridgehead atoms. The third-order valence-electron chi connectivity index (χ3n) is 3.03. The highest BCUT2D eigenvalue weighted by Gasteiger charge is 2.14. The molecule has 0 aromatic heterocycles. The lowest BCUT2D eigenvalue weighted by Crippen LogP contribution is -2.19. The number of nitrogens with zero attached hydrogens (tertiary/aromatic N) is 2. The molecule has 0 aliphatic heterocycles. The zero-order chi connectivity index (χ0) is 17.0. The molecule has 2 aromatic rings. The molecule has 2 aromatic carbocycles. The van der Waals surface area contributed by atoms with Crippen molar-refractivity contribution < 1.29 is 14.8 Å². The highest BCUT2D eigenvalue weighted by atomic mass is 35.5. The number of phenols is 1. The van der Waals surface area contributed by atoms with Gasteiger partial charge in [0, 0.05) is 11.6 Å². The quantitative estimate of drug-likeness (QED) is 0.509. The number of nitrogens with one attached hydrogen (secondary N) is 1. The molecule has 0 saturated heterocycles. The summed E-state index contributed by atoms with van der Waals surface area (Å²) in [4.78, 5) is 22.2. The maximum absolute atomic E-state index is 11.9. The summed E-state index contributed by atoms with van der Waals surface area (Å²) in [6.45, 7) is 1.58. The minimum atomic E-state index is -0.598. The molecule has 118 valence electrons. The van der Waals surface area contributed by atoms with Crippen LogP contribution in [0.25, 0.3) is 0 Å². The Morgan fingerprint density at radius 3 is 2.65 bits per heavy atom. The van der Waals surface area contributed by atoms with E-state index in [1.807, 2.05) is 0 Å². The van der Waals surface area contributed by atoms with Crippen molar-refractivity contribution in [2.75, 3.05) is 0 Å². The average molecular weight is 334 g/mol. The summed E-state index contributed by atoms with van der Waals surface area (Å²) in [7, 11) is 0. The molecule has 0 spiro atoms. The molecular formula is C15H12ClN3O4. The highest BCUT2D eigenvalue weighted by Crippen LogP contribution is 2.25. The van der Waals surface area contributed by atoms with Crippen molar-refractivity contribution in [2.45, 2.75) is 6.92 Å². The van der Waals surface area contributed by atoms with Crippen molar-refractivity contribution in [1.82, 2.24) is 5.43 Å². The predicted molar refractivity (Wildman–Crippen MR) is 85.9 cm³/mol. The van der Waals surface area contributed by atoms with E-state index < -0.39 is 10.8 Å². The number of carbonyl (C=O) groups excluding carboxylic acids is 1. The molecule has 2 N–H and O–H groups in total. The molecule has 0 aliphatic rings. The lowest BCUT2D eigenvalue weighted by molar-refractivity contribution is -0.384. The van der Waals surface area contributed by atoms with Crippen LogP contribution in [0.4, 0.5) is 5.69 Å². The Kier molecular flexibility index (Phi) is 4.92. The van der Waals surface area contributed by atoms with Gasteiger partial charge in [0.05, 0.1) is 16.2 Å².